The van der Waals surface area contributed by atoms with Gasteiger partial charge in [-0.3, -0.25) is 4.79 Å². The molecule has 0 fully saturated rings. The van der Waals surface area contributed by atoms with Gasteiger partial charge in [0.25, 0.3) is 5.91 Å². The van der Waals surface area contributed by atoms with Crippen LogP contribution in [0.4, 0.5) is 5.82 Å². The maximum atomic E-state index is 11.7. The van der Waals surface area contributed by atoms with Gasteiger partial charge in [0.2, 0.25) is 0 Å². The van der Waals surface area contributed by atoms with Gasteiger partial charge in [0.15, 0.2) is 23.9 Å². The first-order valence-corrected chi connectivity index (χ1v) is 6.46. The average Bonchev–Trinajstić information content (AvgIpc) is 2.90. The van der Waals surface area contributed by atoms with Gasteiger partial charge in [0.05, 0.1) is 0 Å². The van der Waals surface area contributed by atoms with Crippen molar-refractivity contribution in [3.05, 3.63) is 30.0 Å². The average molecular weight is 290 g/mol. The van der Waals surface area contributed by atoms with Gasteiger partial charge >= 0.3 is 0 Å². The van der Waals surface area contributed by atoms with Crippen LogP contribution >= 0.6 is 0 Å². The number of benzene rings is 1. The molecular formula is C14H14N2O5. The number of fused-ring (bicyclic) bond motifs is 1. The zero-order valence-electron chi connectivity index (χ0n) is 11.4. The van der Waals surface area contributed by atoms with E-state index in [-0.39, 0.29) is 12.5 Å². The molecule has 0 unspecified atom stereocenters. The highest BCUT2D eigenvalue weighted by atomic mass is 16.6. The molecule has 1 amide bonds. The number of amides is 1. The lowest BCUT2D eigenvalue weighted by atomic mass is 10.3. The first-order valence-electron chi connectivity index (χ1n) is 6.46. The molecule has 1 aliphatic rings. The van der Waals surface area contributed by atoms with Crippen LogP contribution in [0.15, 0.2) is 28.8 Å². The van der Waals surface area contributed by atoms with Crippen molar-refractivity contribution in [2.75, 3.05) is 25.1 Å². The van der Waals surface area contributed by atoms with Gasteiger partial charge in [-0.25, -0.2) is 0 Å². The Labute approximate surface area is 120 Å². The predicted molar refractivity (Wildman–Crippen MR) is 72.8 cm³/mol. The van der Waals surface area contributed by atoms with Crippen LogP contribution < -0.4 is 19.5 Å². The zero-order valence-corrected chi connectivity index (χ0v) is 11.4. The summed E-state index contributed by atoms with van der Waals surface area (Å²) in [6, 6.07) is 6.80. The van der Waals surface area contributed by atoms with Crippen molar-refractivity contribution in [3.63, 3.8) is 0 Å². The molecule has 21 heavy (non-hydrogen) atoms. The Morgan fingerprint density at radius 1 is 1.29 bits per heavy atom. The van der Waals surface area contributed by atoms with Crippen molar-refractivity contribution in [2.45, 2.75) is 6.92 Å². The van der Waals surface area contributed by atoms with Crippen molar-refractivity contribution in [3.8, 4) is 17.2 Å². The van der Waals surface area contributed by atoms with E-state index in [9.17, 15) is 4.79 Å². The van der Waals surface area contributed by atoms with E-state index in [4.69, 9.17) is 18.7 Å². The second kappa shape index (κ2) is 5.74. The number of carbonyl (C=O) groups is 1. The summed E-state index contributed by atoms with van der Waals surface area (Å²) < 4.78 is 21.1. The topological polar surface area (TPSA) is 82.8 Å². The molecule has 0 spiro atoms. The van der Waals surface area contributed by atoms with Crippen molar-refractivity contribution in [1.29, 1.82) is 0 Å². The van der Waals surface area contributed by atoms with Gasteiger partial charge in [-0.2, -0.15) is 0 Å². The van der Waals surface area contributed by atoms with Crippen LogP contribution in [-0.4, -0.2) is 30.9 Å². The number of carbonyl (C=O) groups excluding carboxylic acids is 1. The third kappa shape index (κ3) is 3.25. The fourth-order valence-corrected chi connectivity index (χ4v) is 1.87. The van der Waals surface area contributed by atoms with Crippen LogP contribution in [0.2, 0.25) is 0 Å². The van der Waals surface area contributed by atoms with Crippen molar-refractivity contribution < 1.29 is 23.5 Å². The van der Waals surface area contributed by atoms with Gasteiger partial charge in [-0.15, -0.1) is 0 Å². The fourth-order valence-electron chi connectivity index (χ4n) is 1.87. The molecule has 0 bridgehead atoms. The summed E-state index contributed by atoms with van der Waals surface area (Å²) in [5.41, 5.74) is 0. The summed E-state index contributed by atoms with van der Waals surface area (Å²) in [4.78, 5) is 11.7. The molecule has 1 N–H and O–H groups in total. The smallest absolute Gasteiger partial charge is 0.263 e. The number of aromatic nitrogens is 1. The van der Waals surface area contributed by atoms with E-state index < -0.39 is 0 Å². The van der Waals surface area contributed by atoms with E-state index in [2.05, 4.69) is 10.5 Å². The lowest BCUT2D eigenvalue weighted by Crippen LogP contribution is -2.20. The van der Waals surface area contributed by atoms with Crippen LogP contribution in [0.5, 0.6) is 17.2 Å². The molecule has 0 saturated heterocycles. The van der Waals surface area contributed by atoms with Crippen LogP contribution in [0.1, 0.15) is 5.76 Å². The molecule has 1 aromatic carbocycles. The number of anilines is 1. The minimum Gasteiger partial charge on any atom is -0.486 e. The minimum atomic E-state index is -0.321. The van der Waals surface area contributed by atoms with E-state index in [0.717, 1.165) is 0 Å². The van der Waals surface area contributed by atoms with Gasteiger partial charge in [-0.05, 0) is 19.1 Å². The largest absolute Gasteiger partial charge is 0.486 e. The molecule has 3 rings (SSSR count). The Bertz CT molecular complexity index is 653. The van der Waals surface area contributed by atoms with Crippen molar-refractivity contribution >= 4 is 11.7 Å². The van der Waals surface area contributed by atoms with Crippen LogP contribution in [0.3, 0.4) is 0 Å². The summed E-state index contributed by atoms with van der Waals surface area (Å²) in [5, 5.41) is 6.24. The summed E-state index contributed by atoms with van der Waals surface area (Å²) in [7, 11) is 0. The first-order chi connectivity index (χ1) is 10.2. The Morgan fingerprint density at radius 3 is 2.86 bits per heavy atom. The number of rotatable bonds is 4. The van der Waals surface area contributed by atoms with E-state index in [1.165, 1.54) is 0 Å². The summed E-state index contributed by atoms with van der Waals surface area (Å²) in [6.07, 6.45) is 0. The highest BCUT2D eigenvalue weighted by Crippen LogP contribution is 2.33. The lowest BCUT2D eigenvalue weighted by Gasteiger charge is -2.18. The zero-order chi connectivity index (χ0) is 14.7. The first kappa shape index (κ1) is 13.3. The maximum Gasteiger partial charge on any atom is 0.263 e. The van der Waals surface area contributed by atoms with E-state index >= 15 is 0 Å². The third-order valence-electron chi connectivity index (χ3n) is 2.78. The van der Waals surface area contributed by atoms with Crippen molar-refractivity contribution in [1.82, 2.24) is 5.16 Å². The highest BCUT2D eigenvalue weighted by molar-refractivity contribution is 5.90. The molecule has 2 aromatic rings. The van der Waals surface area contributed by atoms with Crippen molar-refractivity contribution in [2.24, 2.45) is 0 Å². The molecule has 1 aromatic heterocycles. The molecule has 7 heteroatoms. The van der Waals surface area contributed by atoms with Gasteiger partial charge < -0.3 is 24.1 Å². The lowest BCUT2D eigenvalue weighted by molar-refractivity contribution is -0.118. The van der Waals surface area contributed by atoms with Crippen LogP contribution in [0, 0.1) is 6.92 Å². The number of aryl methyl sites for hydroxylation is 1. The monoisotopic (exact) mass is 290 g/mol. The molecule has 0 saturated carbocycles. The minimum absolute atomic E-state index is 0.133. The summed E-state index contributed by atoms with van der Waals surface area (Å²) in [6.45, 7) is 2.65. The quantitative estimate of drug-likeness (QED) is 0.924. The number of nitrogens with one attached hydrogen (secondary N) is 1. The Kier molecular flexibility index (Phi) is 3.63. The Balaban J connectivity index is 1.56. The normalized spacial score (nSPS) is 12.8. The van der Waals surface area contributed by atoms with E-state index in [0.29, 0.717) is 42.0 Å². The number of hydrogen-bond acceptors (Lipinski definition) is 6. The molecule has 110 valence electrons. The highest BCUT2D eigenvalue weighted by Gasteiger charge is 2.13. The molecule has 0 atom stereocenters. The third-order valence-corrected chi connectivity index (χ3v) is 2.78. The summed E-state index contributed by atoms with van der Waals surface area (Å²) in [5.74, 6) is 2.49. The van der Waals surface area contributed by atoms with E-state index in [1.807, 2.05) is 0 Å². The van der Waals surface area contributed by atoms with Gasteiger partial charge in [0, 0.05) is 12.1 Å². The summed E-state index contributed by atoms with van der Waals surface area (Å²) >= 11 is 0. The molecule has 1 aliphatic heterocycles. The van der Waals surface area contributed by atoms with Crippen LogP contribution in [-0.2, 0) is 4.79 Å². The van der Waals surface area contributed by atoms with Crippen LogP contribution in [0.25, 0.3) is 0 Å². The number of ether oxygens (including phenoxy) is 3. The molecule has 0 radical (unpaired) electrons. The predicted octanol–water partition coefficient (Wildman–Crippen LogP) is 1.77. The molecule has 7 nitrogen and oxygen atoms in total. The Hall–Kier alpha value is -2.70. The molecule has 0 aliphatic carbocycles. The van der Waals surface area contributed by atoms with Gasteiger partial charge in [-0.1, -0.05) is 5.16 Å². The molecular weight excluding hydrogens is 276 g/mol. The van der Waals surface area contributed by atoms with Gasteiger partial charge in [0.1, 0.15) is 24.7 Å². The second-order valence-corrected chi connectivity index (χ2v) is 4.47. The number of nitrogens with zero attached hydrogens (tertiary/aromatic N) is 1. The Morgan fingerprint density at radius 2 is 2.10 bits per heavy atom. The SMILES string of the molecule is Cc1cc(NC(=O)COc2ccc3c(c2)OCCO3)no1. The fraction of sp³-hybridized carbons (Fsp3) is 0.286. The standard InChI is InChI=1S/C14H14N2O5/c1-9-6-13(16-21-9)15-14(17)8-20-10-2-3-11-12(7-10)19-5-4-18-11/h2-3,6-7H,4-5,8H2,1H3,(H,15,16,17). The second-order valence-electron chi connectivity index (χ2n) is 4.47. The van der Waals surface area contributed by atoms with E-state index in [1.54, 1.807) is 31.2 Å². The number of hydrogen-bond donors (Lipinski definition) is 1. The maximum absolute atomic E-state index is 11.7. The molecule has 2 heterocycles.